The van der Waals surface area contributed by atoms with Crippen LogP contribution in [0.4, 0.5) is 4.39 Å². The number of hydrogen-bond acceptors (Lipinski definition) is 3. The van der Waals surface area contributed by atoms with Crippen molar-refractivity contribution in [3.8, 4) is 0 Å². The number of carbonyl (C=O) groups excluding carboxylic acids is 3. The van der Waals surface area contributed by atoms with Gasteiger partial charge in [0.05, 0.1) is 0 Å². The number of hydrogen-bond donors (Lipinski definition) is 1. The van der Waals surface area contributed by atoms with Crippen LogP contribution >= 0.6 is 0 Å². The predicted octanol–water partition coefficient (Wildman–Crippen LogP) is 0.955. The molecule has 6 nitrogen and oxygen atoms in total. The average molecular weight is 361 g/mol. The van der Waals surface area contributed by atoms with Gasteiger partial charge in [-0.25, -0.2) is 4.39 Å². The monoisotopic (exact) mass is 361 g/mol. The molecule has 1 N–H and O–H groups in total. The summed E-state index contributed by atoms with van der Waals surface area (Å²) < 4.78 is 13.6. The van der Waals surface area contributed by atoms with Crippen LogP contribution in [-0.2, 0) is 20.8 Å². The number of halogens is 1. The van der Waals surface area contributed by atoms with Crippen molar-refractivity contribution in [3.05, 3.63) is 35.6 Å². The lowest BCUT2D eigenvalue weighted by atomic mass is 10.0. The lowest BCUT2D eigenvalue weighted by Gasteiger charge is -2.35. The predicted molar refractivity (Wildman–Crippen MR) is 93.6 cm³/mol. The Hall–Kier alpha value is -2.44. The van der Waals surface area contributed by atoms with Crippen LogP contribution in [0.5, 0.6) is 0 Å². The van der Waals surface area contributed by atoms with E-state index in [1.165, 1.54) is 13.0 Å². The van der Waals surface area contributed by atoms with Gasteiger partial charge >= 0.3 is 0 Å². The third kappa shape index (κ3) is 3.71. The first-order valence-corrected chi connectivity index (χ1v) is 9.01. The highest BCUT2D eigenvalue weighted by atomic mass is 19.1. The molecule has 0 radical (unpaired) electrons. The molecule has 140 valence electrons. The van der Waals surface area contributed by atoms with Crippen LogP contribution in [0.1, 0.15) is 25.3 Å². The van der Waals surface area contributed by atoms with E-state index < -0.39 is 5.41 Å². The van der Waals surface area contributed by atoms with Gasteiger partial charge in [0, 0.05) is 39.6 Å². The molecule has 0 aromatic heterocycles. The number of amides is 3. The van der Waals surface area contributed by atoms with Gasteiger partial charge in [-0.15, -0.1) is 0 Å². The summed E-state index contributed by atoms with van der Waals surface area (Å²) in [5, 5.41) is 2.79. The molecule has 1 heterocycles. The number of piperazine rings is 1. The van der Waals surface area contributed by atoms with Gasteiger partial charge in [0.25, 0.3) is 0 Å². The molecular formula is C19H24FN3O3. The van der Waals surface area contributed by atoms with Gasteiger partial charge in [0.1, 0.15) is 11.2 Å². The highest BCUT2D eigenvalue weighted by Gasteiger charge is 2.58. The molecule has 1 aliphatic heterocycles. The van der Waals surface area contributed by atoms with Crippen molar-refractivity contribution in [1.29, 1.82) is 0 Å². The molecule has 26 heavy (non-hydrogen) atoms. The molecule has 2 aliphatic rings. The number of benzene rings is 1. The van der Waals surface area contributed by atoms with Crippen molar-refractivity contribution >= 4 is 17.7 Å². The van der Waals surface area contributed by atoms with Gasteiger partial charge in [-0.05, 0) is 30.9 Å². The molecule has 3 amide bonds. The summed E-state index contributed by atoms with van der Waals surface area (Å²) >= 11 is 0. The van der Waals surface area contributed by atoms with Gasteiger partial charge < -0.3 is 15.1 Å². The van der Waals surface area contributed by atoms with Gasteiger partial charge in [0.2, 0.25) is 17.7 Å². The van der Waals surface area contributed by atoms with E-state index in [-0.39, 0.29) is 23.5 Å². The summed E-state index contributed by atoms with van der Waals surface area (Å²) in [7, 11) is 0. The van der Waals surface area contributed by atoms with Gasteiger partial charge in [-0.2, -0.15) is 0 Å². The van der Waals surface area contributed by atoms with Crippen LogP contribution in [0.25, 0.3) is 0 Å². The number of carbonyl (C=O) groups is 3. The van der Waals surface area contributed by atoms with E-state index in [1.807, 2.05) is 0 Å². The molecule has 1 aromatic carbocycles. The van der Waals surface area contributed by atoms with Gasteiger partial charge in [-0.1, -0.05) is 18.2 Å². The molecule has 1 saturated heterocycles. The van der Waals surface area contributed by atoms with Crippen molar-refractivity contribution in [2.45, 2.75) is 26.2 Å². The van der Waals surface area contributed by atoms with E-state index in [0.717, 1.165) is 0 Å². The maximum absolute atomic E-state index is 13.6. The Morgan fingerprint density at radius 3 is 2.27 bits per heavy atom. The average Bonchev–Trinajstić information content (AvgIpc) is 3.44. The lowest BCUT2D eigenvalue weighted by Crippen LogP contribution is -2.54. The second-order valence-electron chi connectivity index (χ2n) is 6.98. The van der Waals surface area contributed by atoms with Crippen molar-refractivity contribution in [1.82, 2.24) is 15.1 Å². The standard InChI is InChI=1S/C19H24FN3O3/c1-14(24)22-10-12-23(13-11-22)18(26)19(7-8-19)17(25)21-9-6-15-4-2-3-5-16(15)20/h2-5H,6-13H2,1H3,(H,21,25). The second-order valence-corrected chi connectivity index (χ2v) is 6.98. The van der Waals surface area contributed by atoms with Crippen LogP contribution in [-0.4, -0.2) is 60.2 Å². The Morgan fingerprint density at radius 1 is 1.08 bits per heavy atom. The SMILES string of the molecule is CC(=O)N1CCN(C(=O)C2(C(=O)NCCc3ccccc3F)CC2)CC1. The normalized spacial score (nSPS) is 18.4. The molecule has 1 aromatic rings. The van der Waals surface area contributed by atoms with Crippen LogP contribution < -0.4 is 5.32 Å². The van der Waals surface area contributed by atoms with Crippen LogP contribution in [0.2, 0.25) is 0 Å². The number of nitrogens with one attached hydrogen (secondary N) is 1. The van der Waals surface area contributed by atoms with E-state index in [2.05, 4.69) is 5.32 Å². The van der Waals surface area contributed by atoms with E-state index in [9.17, 15) is 18.8 Å². The number of rotatable bonds is 5. The maximum atomic E-state index is 13.6. The fourth-order valence-electron chi connectivity index (χ4n) is 3.37. The molecule has 0 bridgehead atoms. The maximum Gasteiger partial charge on any atom is 0.238 e. The minimum atomic E-state index is -0.965. The zero-order chi connectivity index (χ0) is 18.7. The molecule has 1 saturated carbocycles. The third-order valence-electron chi connectivity index (χ3n) is 5.24. The fourth-order valence-corrected chi connectivity index (χ4v) is 3.37. The highest BCUT2D eigenvalue weighted by molar-refractivity contribution is 6.07. The smallest absolute Gasteiger partial charge is 0.238 e. The van der Waals surface area contributed by atoms with E-state index in [0.29, 0.717) is 57.5 Å². The molecule has 0 spiro atoms. The fraction of sp³-hybridized carbons (Fsp3) is 0.526. The molecule has 0 unspecified atom stereocenters. The van der Waals surface area contributed by atoms with E-state index >= 15 is 0 Å². The molecule has 0 atom stereocenters. The quantitative estimate of drug-likeness (QED) is 0.794. The third-order valence-corrected chi connectivity index (χ3v) is 5.24. The summed E-state index contributed by atoms with van der Waals surface area (Å²) in [5.41, 5.74) is -0.419. The van der Waals surface area contributed by atoms with E-state index in [4.69, 9.17) is 0 Å². The Labute approximate surface area is 152 Å². The summed E-state index contributed by atoms with van der Waals surface area (Å²) in [6.45, 7) is 3.75. The zero-order valence-electron chi connectivity index (χ0n) is 15.0. The minimum Gasteiger partial charge on any atom is -0.355 e. The Bertz CT molecular complexity index is 710. The number of nitrogens with zero attached hydrogens (tertiary/aromatic N) is 2. The molecule has 3 rings (SSSR count). The highest BCUT2D eigenvalue weighted by Crippen LogP contribution is 2.47. The van der Waals surface area contributed by atoms with E-state index in [1.54, 1.807) is 28.0 Å². The van der Waals surface area contributed by atoms with Crippen LogP contribution in [0, 0.1) is 11.2 Å². The Kier molecular flexibility index (Phi) is 5.25. The van der Waals surface area contributed by atoms with Crippen molar-refractivity contribution in [2.75, 3.05) is 32.7 Å². The van der Waals surface area contributed by atoms with Crippen molar-refractivity contribution in [3.63, 3.8) is 0 Å². The minimum absolute atomic E-state index is 0.00382. The van der Waals surface area contributed by atoms with Gasteiger partial charge in [0.15, 0.2) is 0 Å². The summed E-state index contributed by atoms with van der Waals surface area (Å²) in [6, 6.07) is 6.46. The molecule has 7 heteroatoms. The Morgan fingerprint density at radius 2 is 1.69 bits per heavy atom. The second kappa shape index (κ2) is 7.43. The van der Waals surface area contributed by atoms with Crippen LogP contribution in [0.15, 0.2) is 24.3 Å². The lowest BCUT2D eigenvalue weighted by molar-refractivity contribution is -0.147. The van der Waals surface area contributed by atoms with Crippen molar-refractivity contribution < 1.29 is 18.8 Å². The zero-order valence-corrected chi connectivity index (χ0v) is 15.0. The molecule has 1 aliphatic carbocycles. The van der Waals surface area contributed by atoms with Crippen molar-refractivity contribution in [2.24, 2.45) is 5.41 Å². The first-order valence-electron chi connectivity index (χ1n) is 9.01. The first kappa shape index (κ1) is 18.4. The summed E-state index contributed by atoms with van der Waals surface area (Å²) in [4.78, 5) is 40.1. The first-order chi connectivity index (χ1) is 12.4. The summed E-state index contributed by atoms with van der Waals surface area (Å²) in [6.07, 6.45) is 1.48. The molecule has 2 fully saturated rings. The van der Waals surface area contributed by atoms with Crippen LogP contribution in [0.3, 0.4) is 0 Å². The molecular weight excluding hydrogens is 337 g/mol. The topological polar surface area (TPSA) is 69.7 Å². The summed E-state index contributed by atoms with van der Waals surface area (Å²) in [5.74, 6) is -0.705. The largest absolute Gasteiger partial charge is 0.355 e. The van der Waals surface area contributed by atoms with Gasteiger partial charge in [-0.3, -0.25) is 14.4 Å². The Balaban J connectivity index is 1.51.